The van der Waals surface area contributed by atoms with Gasteiger partial charge in [0.15, 0.2) is 5.13 Å². The van der Waals surface area contributed by atoms with Crippen molar-refractivity contribution in [2.45, 2.75) is 20.3 Å². The van der Waals surface area contributed by atoms with E-state index < -0.39 is 0 Å². The zero-order valence-electron chi connectivity index (χ0n) is 12.2. The van der Waals surface area contributed by atoms with Crippen molar-refractivity contribution >= 4 is 22.5 Å². The lowest BCUT2D eigenvalue weighted by Gasteiger charge is -2.12. The normalized spacial score (nSPS) is 10.2. The molecule has 0 fully saturated rings. The molecular weight excluding hydrogens is 286 g/mol. The smallest absolute Gasteiger partial charge is 0.321 e. The molecule has 0 aliphatic rings. The third-order valence-electron chi connectivity index (χ3n) is 2.91. The molecule has 1 heterocycles. The average Bonchev–Trinajstić information content (AvgIpc) is 2.94. The van der Waals surface area contributed by atoms with Crippen molar-refractivity contribution in [1.29, 1.82) is 0 Å². The zero-order valence-corrected chi connectivity index (χ0v) is 13.0. The first-order chi connectivity index (χ1) is 10.2. The van der Waals surface area contributed by atoms with Crippen LogP contribution in [-0.2, 0) is 0 Å². The van der Waals surface area contributed by atoms with Crippen molar-refractivity contribution in [1.82, 2.24) is 10.3 Å². The first-order valence-corrected chi connectivity index (χ1v) is 7.68. The van der Waals surface area contributed by atoms with Gasteiger partial charge in [0.05, 0.1) is 6.61 Å². The summed E-state index contributed by atoms with van der Waals surface area (Å²) >= 11 is 1.39. The number of rotatable bonds is 6. The molecule has 0 aliphatic heterocycles. The first kappa shape index (κ1) is 15.3. The molecular formula is C15H19N3O2S. The average molecular weight is 305 g/mol. The molecule has 2 aromatic rings. The lowest BCUT2D eigenvalue weighted by molar-refractivity contribution is 0.250. The van der Waals surface area contributed by atoms with Crippen molar-refractivity contribution < 1.29 is 9.53 Å². The number of aryl methyl sites for hydroxylation is 2. The van der Waals surface area contributed by atoms with Crippen LogP contribution in [0.2, 0.25) is 0 Å². The molecule has 0 bridgehead atoms. The van der Waals surface area contributed by atoms with Crippen molar-refractivity contribution in [2.24, 2.45) is 0 Å². The predicted octanol–water partition coefficient (Wildman–Crippen LogP) is 3.35. The fourth-order valence-electron chi connectivity index (χ4n) is 1.90. The number of nitrogens with one attached hydrogen (secondary N) is 2. The number of carbonyl (C=O) groups is 1. The number of hydrogen-bond acceptors (Lipinski definition) is 4. The summed E-state index contributed by atoms with van der Waals surface area (Å²) in [7, 11) is 0. The number of anilines is 1. The molecule has 2 rings (SSSR count). The van der Waals surface area contributed by atoms with Gasteiger partial charge in [-0.3, -0.25) is 5.32 Å². The Labute approximate surface area is 128 Å². The second-order valence-corrected chi connectivity index (χ2v) is 5.54. The van der Waals surface area contributed by atoms with Gasteiger partial charge in [0, 0.05) is 18.1 Å². The van der Waals surface area contributed by atoms with E-state index in [0.717, 1.165) is 23.3 Å². The summed E-state index contributed by atoms with van der Waals surface area (Å²) in [6.07, 6.45) is 2.40. The minimum Gasteiger partial charge on any atom is -0.493 e. The second kappa shape index (κ2) is 7.64. The summed E-state index contributed by atoms with van der Waals surface area (Å²) in [5, 5.41) is 7.85. The number of thiazole rings is 1. The molecule has 2 N–H and O–H groups in total. The van der Waals surface area contributed by atoms with Crippen LogP contribution in [0.4, 0.5) is 9.93 Å². The molecule has 1 aromatic heterocycles. The van der Waals surface area contributed by atoms with Crippen LogP contribution < -0.4 is 15.4 Å². The molecule has 1 aromatic carbocycles. The maximum atomic E-state index is 11.6. The third-order valence-corrected chi connectivity index (χ3v) is 3.60. The Hall–Kier alpha value is -2.08. The summed E-state index contributed by atoms with van der Waals surface area (Å²) in [4.78, 5) is 15.5. The molecule has 0 saturated carbocycles. The Morgan fingerprint density at radius 1 is 1.33 bits per heavy atom. The fraction of sp³-hybridized carbons (Fsp3) is 0.333. The van der Waals surface area contributed by atoms with Gasteiger partial charge >= 0.3 is 6.03 Å². The Morgan fingerprint density at radius 2 is 2.10 bits per heavy atom. The molecule has 6 heteroatoms. The molecule has 112 valence electrons. The molecule has 0 unspecified atom stereocenters. The van der Waals surface area contributed by atoms with Gasteiger partial charge < -0.3 is 10.1 Å². The van der Waals surface area contributed by atoms with E-state index in [0.29, 0.717) is 18.3 Å². The Kier molecular flexibility index (Phi) is 5.57. The molecule has 0 atom stereocenters. The van der Waals surface area contributed by atoms with E-state index in [9.17, 15) is 4.79 Å². The van der Waals surface area contributed by atoms with Gasteiger partial charge in [-0.25, -0.2) is 9.78 Å². The molecule has 21 heavy (non-hydrogen) atoms. The summed E-state index contributed by atoms with van der Waals surface area (Å²) in [6.45, 7) is 5.19. The largest absolute Gasteiger partial charge is 0.493 e. The highest BCUT2D eigenvalue weighted by atomic mass is 32.1. The summed E-state index contributed by atoms with van der Waals surface area (Å²) in [5.74, 6) is 0.935. The molecule has 0 radical (unpaired) electrons. The minimum absolute atomic E-state index is 0.239. The highest BCUT2D eigenvalue weighted by Crippen LogP contribution is 2.22. The number of nitrogens with zero attached hydrogens (tertiary/aromatic N) is 1. The van der Waals surface area contributed by atoms with E-state index in [-0.39, 0.29) is 6.03 Å². The molecule has 5 nitrogen and oxygen atoms in total. The SMILES string of the molecule is Cc1cccc(C)c1OCCCNC(=O)Nc1nccs1. The zero-order chi connectivity index (χ0) is 15.1. The number of ether oxygens (including phenoxy) is 1. The number of hydrogen-bond donors (Lipinski definition) is 2. The number of para-hydroxylation sites is 1. The molecule has 0 aliphatic carbocycles. The van der Waals surface area contributed by atoms with Crippen molar-refractivity contribution in [3.05, 3.63) is 40.9 Å². The van der Waals surface area contributed by atoms with Crippen LogP contribution in [0, 0.1) is 13.8 Å². The number of benzene rings is 1. The van der Waals surface area contributed by atoms with Crippen LogP contribution in [-0.4, -0.2) is 24.2 Å². The highest BCUT2D eigenvalue weighted by molar-refractivity contribution is 7.13. The number of carbonyl (C=O) groups excluding carboxylic acids is 1. The first-order valence-electron chi connectivity index (χ1n) is 6.80. The van der Waals surface area contributed by atoms with Crippen LogP contribution in [0.25, 0.3) is 0 Å². The highest BCUT2D eigenvalue weighted by Gasteiger charge is 2.04. The van der Waals surface area contributed by atoms with Gasteiger partial charge in [-0.05, 0) is 31.4 Å². The number of amides is 2. The Bertz CT molecular complexity index is 564. The van der Waals surface area contributed by atoms with Gasteiger partial charge in [-0.2, -0.15) is 0 Å². The monoisotopic (exact) mass is 305 g/mol. The maximum Gasteiger partial charge on any atom is 0.321 e. The minimum atomic E-state index is -0.239. The van der Waals surface area contributed by atoms with Crippen molar-refractivity contribution in [2.75, 3.05) is 18.5 Å². The van der Waals surface area contributed by atoms with E-state index in [2.05, 4.69) is 15.6 Å². The van der Waals surface area contributed by atoms with Gasteiger partial charge in [0.2, 0.25) is 0 Å². The van der Waals surface area contributed by atoms with E-state index in [4.69, 9.17) is 4.74 Å². The summed E-state index contributed by atoms with van der Waals surface area (Å²) in [6, 6.07) is 5.84. The Morgan fingerprint density at radius 3 is 2.76 bits per heavy atom. The fourth-order valence-corrected chi connectivity index (χ4v) is 2.43. The van der Waals surface area contributed by atoms with E-state index >= 15 is 0 Å². The number of aromatic nitrogens is 1. The van der Waals surface area contributed by atoms with E-state index in [1.807, 2.05) is 37.4 Å². The van der Waals surface area contributed by atoms with Crippen LogP contribution >= 0.6 is 11.3 Å². The van der Waals surface area contributed by atoms with Gasteiger partial charge in [-0.15, -0.1) is 11.3 Å². The van der Waals surface area contributed by atoms with Gasteiger partial charge in [-0.1, -0.05) is 18.2 Å². The standard InChI is InChI=1S/C15H19N3O2S/c1-11-5-3-6-12(2)13(11)20-9-4-7-16-14(19)18-15-17-8-10-21-15/h3,5-6,8,10H,4,7,9H2,1-2H3,(H2,16,17,18,19). The Balaban J connectivity index is 1.65. The summed E-state index contributed by atoms with van der Waals surface area (Å²) in [5.41, 5.74) is 2.26. The van der Waals surface area contributed by atoms with Crippen LogP contribution in [0.15, 0.2) is 29.8 Å². The lowest BCUT2D eigenvalue weighted by atomic mass is 10.1. The van der Waals surface area contributed by atoms with Gasteiger partial charge in [0.1, 0.15) is 5.75 Å². The maximum absolute atomic E-state index is 11.6. The quantitative estimate of drug-likeness (QED) is 0.804. The number of urea groups is 1. The molecule has 0 saturated heterocycles. The van der Waals surface area contributed by atoms with E-state index in [1.54, 1.807) is 6.20 Å². The van der Waals surface area contributed by atoms with Crippen molar-refractivity contribution in [3.8, 4) is 5.75 Å². The predicted molar refractivity (Wildman–Crippen MR) is 85.2 cm³/mol. The second-order valence-electron chi connectivity index (χ2n) is 4.64. The molecule has 0 spiro atoms. The lowest BCUT2D eigenvalue weighted by Crippen LogP contribution is -2.30. The van der Waals surface area contributed by atoms with Crippen LogP contribution in [0.5, 0.6) is 5.75 Å². The third kappa shape index (κ3) is 4.75. The van der Waals surface area contributed by atoms with E-state index in [1.165, 1.54) is 11.3 Å². The van der Waals surface area contributed by atoms with Crippen molar-refractivity contribution in [3.63, 3.8) is 0 Å². The van der Waals surface area contributed by atoms with Gasteiger partial charge in [0.25, 0.3) is 0 Å². The topological polar surface area (TPSA) is 63.2 Å². The molecule has 2 amide bonds. The van der Waals surface area contributed by atoms with Crippen LogP contribution in [0.1, 0.15) is 17.5 Å². The van der Waals surface area contributed by atoms with Crippen LogP contribution in [0.3, 0.4) is 0 Å². The summed E-state index contributed by atoms with van der Waals surface area (Å²) < 4.78 is 5.77.